The van der Waals surface area contributed by atoms with Crippen LogP contribution in [0.15, 0.2) is 0 Å². The normalized spacial score (nSPS) is 21.2. The summed E-state index contributed by atoms with van der Waals surface area (Å²) in [5.74, 6) is 2.63. The average Bonchev–Trinajstić information content (AvgIpc) is 2.08. The molecule has 0 aliphatic carbocycles. The van der Waals surface area contributed by atoms with Gasteiger partial charge in [-0.2, -0.15) is 0 Å². The summed E-state index contributed by atoms with van der Waals surface area (Å²) in [4.78, 5) is 2.49. The van der Waals surface area contributed by atoms with Crippen molar-refractivity contribution < 1.29 is 0 Å². The lowest BCUT2D eigenvalue weighted by molar-refractivity contribution is 0.178. The van der Waals surface area contributed by atoms with Crippen LogP contribution in [0, 0.1) is 11.8 Å². The highest BCUT2D eigenvalue weighted by Crippen LogP contribution is 2.23. The van der Waals surface area contributed by atoms with E-state index >= 15 is 0 Å². The van der Waals surface area contributed by atoms with Crippen molar-refractivity contribution >= 4 is 11.6 Å². The van der Waals surface area contributed by atoms with Gasteiger partial charge in [-0.25, -0.2) is 0 Å². The molecule has 0 aromatic carbocycles. The van der Waals surface area contributed by atoms with Gasteiger partial charge in [-0.05, 0) is 44.2 Å². The minimum absolute atomic E-state index is 0.787. The molecule has 0 N–H and O–H groups in total. The standard InChI is InChI=1S/C11H22ClN/c1-10(2)9-11-3-6-13(7-4-11)8-5-12/h10-11H,3-9H2,1-2H3. The average molecular weight is 204 g/mol. The lowest BCUT2D eigenvalue weighted by Crippen LogP contribution is -2.35. The molecule has 0 unspecified atom stereocenters. The summed E-state index contributed by atoms with van der Waals surface area (Å²) in [7, 11) is 0. The molecule has 0 amide bonds. The molecule has 0 aromatic rings. The molecule has 1 aliphatic rings. The monoisotopic (exact) mass is 203 g/mol. The van der Waals surface area contributed by atoms with Gasteiger partial charge in [0.05, 0.1) is 0 Å². The third kappa shape index (κ3) is 4.33. The van der Waals surface area contributed by atoms with Crippen LogP contribution in [0.25, 0.3) is 0 Å². The van der Waals surface area contributed by atoms with Gasteiger partial charge in [0.25, 0.3) is 0 Å². The highest BCUT2D eigenvalue weighted by molar-refractivity contribution is 6.18. The van der Waals surface area contributed by atoms with Gasteiger partial charge >= 0.3 is 0 Å². The van der Waals surface area contributed by atoms with Crippen molar-refractivity contribution in [2.45, 2.75) is 33.1 Å². The van der Waals surface area contributed by atoms with Crippen molar-refractivity contribution in [3.63, 3.8) is 0 Å². The summed E-state index contributed by atoms with van der Waals surface area (Å²) in [6, 6.07) is 0. The molecule has 1 aliphatic heterocycles. The number of alkyl halides is 1. The molecule has 0 radical (unpaired) electrons. The number of rotatable bonds is 4. The fraction of sp³-hybridized carbons (Fsp3) is 1.00. The summed E-state index contributed by atoms with van der Waals surface area (Å²) in [6.07, 6.45) is 4.18. The number of halogens is 1. The topological polar surface area (TPSA) is 3.24 Å². The second kappa shape index (κ2) is 5.87. The van der Waals surface area contributed by atoms with E-state index in [0.717, 1.165) is 24.3 Å². The van der Waals surface area contributed by atoms with Crippen molar-refractivity contribution in [1.82, 2.24) is 4.90 Å². The molecule has 0 saturated carbocycles. The predicted octanol–water partition coefficient (Wildman–Crippen LogP) is 2.98. The molecule has 13 heavy (non-hydrogen) atoms. The Balaban J connectivity index is 2.15. The highest BCUT2D eigenvalue weighted by atomic mass is 35.5. The van der Waals surface area contributed by atoms with Crippen LogP contribution in [0.1, 0.15) is 33.1 Å². The summed E-state index contributed by atoms with van der Waals surface area (Å²) in [6.45, 7) is 8.26. The smallest absolute Gasteiger partial charge is 0.0351 e. The largest absolute Gasteiger partial charge is 0.302 e. The molecule has 1 nitrogen and oxygen atoms in total. The number of nitrogens with zero attached hydrogens (tertiary/aromatic N) is 1. The van der Waals surface area contributed by atoms with Crippen molar-refractivity contribution in [1.29, 1.82) is 0 Å². The number of likely N-dealkylation sites (tertiary alicyclic amines) is 1. The second-order valence-electron chi connectivity index (χ2n) is 4.60. The van der Waals surface area contributed by atoms with Gasteiger partial charge in [-0.15, -0.1) is 11.6 Å². The van der Waals surface area contributed by atoms with Crippen LogP contribution in [0.2, 0.25) is 0 Å². The quantitative estimate of drug-likeness (QED) is 0.636. The van der Waals surface area contributed by atoms with E-state index in [9.17, 15) is 0 Å². The molecule has 1 saturated heterocycles. The molecule has 0 atom stereocenters. The van der Waals surface area contributed by atoms with E-state index in [-0.39, 0.29) is 0 Å². The highest BCUT2D eigenvalue weighted by Gasteiger charge is 2.18. The zero-order valence-electron chi connectivity index (χ0n) is 8.93. The zero-order valence-corrected chi connectivity index (χ0v) is 9.69. The van der Waals surface area contributed by atoms with Gasteiger partial charge < -0.3 is 4.90 Å². The maximum absolute atomic E-state index is 5.71. The molecular formula is C11H22ClN. The van der Waals surface area contributed by atoms with E-state index in [1.807, 2.05) is 0 Å². The van der Waals surface area contributed by atoms with E-state index in [0.29, 0.717) is 0 Å². The summed E-state index contributed by atoms with van der Waals surface area (Å²) in [5.41, 5.74) is 0. The first-order chi connectivity index (χ1) is 6.22. The van der Waals surface area contributed by atoms with Crippen molar-refractivity contribution in [2.75, 3.05) is 25.5 Å². The summed E-state index contributed by atoms with van der Waals surface area (Å²) < 4.78 is 0. The maximum Gasteiger partial charge on any atom is 0.0351 e. The van der Waals surface area contributed by atoms with Crippen LogP contribution < -0.4 is 0 Å². The van der Waals surface area contributed by atoms with E-state index in [2.05, 4.69) is 18.7 Å². The van der Waals surface area contributed by atoms with Gasteiger partial charge in [0.1, 0.15) is 0 Å². The first kappa shape index (κ1) is 11.3. The Labute approximate surface area is 87.4 Å². The fourth-order valence-corrected chi connectivity index (χ4v) is 2.47. The molecule has 1 fully saturated rings. The minimum atomic E-state index is 0.787. The van der Waals surface area contributed by atoms with Crippen LogP contribution in [0.3, 0.4) is 0 Å². The van der Waals surface area contributed by atoms with E-state index < -0.39 is 0 Å². The Morgan fingerprint density at radius 3 is 2.38 bits per heavy atom. The van der Waals surface area contributed by atoms with Crippen LogP contribution in [-0.4, -0.2) is 30.4 Å². The van der Waals surface area contributed by atoms with Gasteiger partial charge in [-0.1, -0.05) is 13.8 Å². The molecule has 0 spiro atoms. The zero-order chi connectivity index (χ0) is 9.68. The Morgan fingerprint density at radius 2 is 1.92 bits per heavy atom. The first-order valence-corrected chi connectivity index (χ1v) is 6.04. The third-order valence-corrected chi connectivity index (χ3v) is 3.08. The van der Waals surface area contributed by atoms with Crippen LogP contribution in [0.5, 0.6) is 0 Å². The molecular weight excluding hydrogens is 182 g/mol. The van der Waals surface area contributed by atoms with E-state index in [1.54, 1.807) is 0 Å². The predicted molar refractivity (Wildman–Crippen MR) is 59.3 cm³/mol. The summed E-state index contributed by atoms with van der Waals surface area (Å²) >= 11 is 5.71. The summed E-state index contributed by atoms with van der Waals surface area (Å²) in [5, 5.41) is 0. The van der Waals surface area contributed by atoms with Gasteiger partial charge in [0.15, 0.2) is 0 Å². The van der Waals surface area contributed by atoms with Gasteiger partial charge in [0, 0.05) is 12.4 Å². The van der Waals surface area contributed by atoms with Gasteiger partial charge in [0.2, 0.25) is 0 Å². The molecule has 2 heteroatoms. The third-order valence-electron chi connectivity index (χ3n) is 2.91. The fourth-order valence-electron chi connectivity index (χ4n) is 2.23. The molecule has 1 heterocycles. The van der Waals surface area contributed by atoms with Crippen molar-refractivity contribution in [3.8, 4) is 0 Å². The Morgan fingerprint density at radius 1 is 1.31 bits per heavy atom. The lowest BCUT2D eigenvalue weighted by atomic mass is 9.89. The number of piperidine rings is 1. The number of hydrogen-bond donors (Lipinski definition) is 0. The molecule has 0 aromatic heterocycles. The maximum atomic E-state index is 5.71. The van der Waals surface area contributed by atoms with E-state index in [1.165, 1.54) is 32.4 Å². The van der Waals surface area contributed by atoms with E-state index in [4.69, 9.17) is 11.6 Å². The van der Waals surface area contributed by atoms with Gasteiger partial charge in [-0.3, -0.25) is 0 Å². The minimum Gasteiger partial charge on any atom is -0.302 e. The number of hydrogen-bond acceptors (Lipinski definition) is 1. The first-order valence-electron chi connectivity index (χ1n) is 5.50. The van der Waals surface area contributed by atoms with Crippen LogP contribution >= 0.6 is 11.6 Å². The van der Waals surface area contributed by atoms with Crippen molar-refractivity contribution in [3.05, 3.63) is 0 Å². The van der Waals surface area contributed by atoms with Crippen LogP contribution in [0.4, 0.5) is 0 Å². The lowest BCUT2D eigenvalue weighted by Gasteiger charge is -2.32. The Hall–Kier alpha value is 0.250. The molecule has 78 valence electrons. The molecule has 1 rings (SSSR count). The molecule has 0 bridgehead atoms. The Kier molecular flexibility index (Phi) is 5.12. The van der Waals surface area contributed by atoms with Crippen molar-refractivity contribution in [2.24, 2.45) is 11.8 Å². The Bertz CT molecular complexity index is 128. The van der Waals surface area contributed by atoms with Crippen LogP contribution in [-0.2, 0) is 0 Å². The second-order valence-corrected chi connectivity index (χ2v) is 4.98. The SMILES string of the molecule is CC(C)CC1CCN(CCCl)CC1.